The van der Waals surface area contributed by atoms with E-state index in [1.165, 1.54) is 42.1 Å². The highest BCUT2D eigenvalue weighted by atomic mass is 16.3. The van der Waals surface area contributed by atoms with E-state index in [0.717, 1.165) is 13.1 Å². The molecule has 1 aliphatic carbocycles. The normalized spacial score (nSPS) is 18.1. The molecule has 3 rings (SSSR count). The van der Waals surface area contributed by atoms with E-state index in [1.54, 1.807) is 0 Å². The summed E-state index contributed by atoms with van der Waals surface area (Å²) in [6.07, 6.45) is 6.87. The first kappa shape index (κ1) is 13.7. The molecular weight excluding hydrogens is 248 g/mol. The van der Waals surface area contributed by atoms with Gasteiger partial charge in [0.05, 0.1) is 0 Å². The van der Waals surface area contributed by atoms with E-state index in [2.05, 4.69) is 41.2 Å². The largest absolute Gasteiger partial charge is 0.396 e. The molecule has 1 aromatic heterocycles. The van der Waals surface area contributed by atoms with Crippen molar-refractivity contribution in [3.8, 4) is 0 Å². The van der Waals surface area contributed by atoms with Crippen LogP contribution in [0, 0.1) is 5.41 Å². The summed E-state index contributed by atoms with van der Waals surface area (Å²) in [7, 11) is 2.17. The van der Waals surface area contributed by atoms with Gasteiger partial charge in [-0.25, -0.2) is 0 Å². The molecule has 1 aliphatic rings. The van der Waals surface area contributed by atoms with Crippen LogP contribution in [0.2, 0.25) is 0 Å². The van der Waals surface area contributed by atoms with E-state index in [9.17, 15) is 5.11 Å². The molecule has 1 saturated carbocycles. The van der Waals surface area contributed by atoms with Gasteiger partial charge in [-0.05, 0) is 37.6 Å². The highest BCUT2D eigenvalue weighted by Crippen LogP contribution is 2.38. The van der Waals surface area contributed by atoms with E-state index in [1.807, 2.05) is 6.20 Å². The van der Waals surface area contributed by atoms with Crippen LogP contribution in [0.15, 0.2) is 30.5 Å². The summed E-state index contributed by atoms with van der Waals surface area (Å²) in [6.45, 7) is 2.26. The highest BCUT2D eigenvalue weighted by molar-refractivity contribution is 5.82. The number of hydrogen-bond acceptors (Lipinski definition) is 2. The van der Waals surface area contributed by atoms with Crippen LogP contribution in [0.3, 0.4) is 0 Å². The SMILES string of the molecule is CN(Cc1cccc2[nH]ccc12)CC1(CO)CCCC1. The van der Waals surface area contributed by atoms with Crippen molar-refractivity contribution in [2.45, 2.75) is 32.2 Å². The van der Waals surface area contributed by atoms with Crippen molar-refractivity contribution in [2.24, 2.45) is 5.41 Å². The van der Waals surface area contributed by atoms with Gasteiger partial charge in [-0.15, -0.1) is 0 Å². The molecule has 3 nitrogen and oxygen atoms in total. The van der Waals surface area contributed by atoms with Gasteiger partial charge in [0, 0.05) is 42.2 Å². The first-order valence-electron chi connectivity index (χ1n) is 7.57. The van der Waals surface area contributed by atoms with Gasteiger partial charge in [0.2, 0.25) is 0 Å². The summed E-state index contributed by atoms with van der Waals surface area (Å²) in [5.41, 5.74) is 2.70. The number of hydrogen-bond donors (Lipinski definition) is 2. The molecule has 0 bridgehead atoms. The number of aliphatic hydroxyl groups excluding tert-OH is 1. The zero-order chi connectivity index (χ0) is 14.0. The molecule has 108 valence electrons. The van der Waals surface area contributed by atoms with E-state index >= 15 is 0 Å². The Balaban J connectivity index is 1.72. The molecule has 1 aromatic carbocycles. The number of fused-ring (bicyclic) bond motifs is 1. The lowest BCUT2D eigenvalue weighted by molar-refractivity contribution is 0.0865. The van der Waals surface area contributed by atoms with E-state index in [-0.39, 0.29) is 5.41 Å². The van der Waals surface area contributed by atoms with E-state index in [4.69, 9.17) is 0 Å². The molecule has 0 aliphatic heterocycles. The van der Waals surface area contributed by atoms with Crippen molar-refractivity contribution in [3.63, 3.8) is 0 Å². The molecule has 0 spiro atoms. The quantitative estimate of drug-likeness (QED) is 0.877. The lowest BCUT2D eigenvalue weighted by atomic mass is 9.86. The zero-order valence-electron chi connectivity index (χ0n) is 12.2. The van der Waals surface area contributed by atoms with Gasteiger partial charge in [-0.2, -0.15) is 0 Å². The fourth-order valence-corrected chi connectivity index (χ4v) is 3.70. The maximum absolute atomic E-state index is 9.74. The third-order valence-electron chi connectivity index (χ3n) is 4.73. The summed E-state index contributed by atoms with van der Waals surface area (Å²) in [6, 6.07) is 8.58. The second-order valence-corrected chi connectivity index (χ2v) is 6.39. The Kier molecular flexibility index (Phi) is 3.81. The highest BCUT2D eigenvalue weighted by Gasteiger charge is 2.34. The van der Waals surface area contributed by atoms with E-state index < -0.39 is 0 Å². The van der Waals surface area contributed by atoms with Crippen molar-refractivity contribution in [1.82, 2.24) is 9.88 Å². The molecule has 0 amide bonds. The average Bonchev–Trinajstić information content (AvgIpc) is 3.08. The maximum atomic E-state index is 9.74. The molecule has 0 unspecified atom stereocenters. The number of aromatic nitrogens is 1. The van der Waals surface area contributed by atoms with Gasteiger partial charge in [0.1, 0.15) is 0 Å². The molecule has 2 N–H and O–H groups in total. The monoisotopic (exact) mass is 272 g/mol. The predicted octanol–water partition coefficient (Wildman–Crippen LogP) is 3.15. The van der Waals surface area contributed by atoms with Gasteiger partial charge in [-0.3, -0.25) is 0 Å². The Labute approximate surface area is 120 Å². The standard InChI is InChI=1S/C17H24N2O/c1-19(12-17(13-20)8-2-3-9-17)11-14-5-4-6-16-15(14)7-10-18-16/h4-7,10,18,20H,2-3,8-9,11-13H2,1H3. The molecule has 0 saturated heterocycles. The lowest BCUT2D eigenvalue weighted by Gasteiger charge is -2.32. The smallest absolute Gasteiger partial charge is 0.0499 e. The Morgan fingerprint density at radius 2 is 2.05 bits per heavy atom. The van der Waals surface area contributed by atoms with Gasteiger partial charge in [0.15, 0.2) is 0 Å². The van der Waals surface area contributed by atoms with Crippen LogP contribution >= 0.6 is 0 Å². The van der Waals surface area contributed by atoms with Crippen molar-refractivity contribution >= 4 is 10.9 Å². The second kappa shape index (κ2) is 5.58. The van der Waals surface area contributed by atoms with Crippen LogP contribution in [0.4, 0.5) is 0 Å². The lowest BCUT2D eigenvalue weighted by Crippen LogP contribution is -2.36. The fourth-order valence-electron chi connectivity index (χ4n) is 3.70. The van der Waals surface area contributed by atoms with Crippen molar-refractivity contribution in [3.05, 3.63) is 36.0 Å². The number of benzene rings is 1. The van der Waals surface area contributed by atoms with Crippen LogP contribution in [0.25, 0.3) is 10.9 Å². The van der Waals surface area contributed by atoms with Crippen molar-refractivity contribution in [2.75, 3.05) is 20.2 Å². The number of aliphatic hydroxyl groups is 1. The third-order valence-corrected chi connectivity index (χ3v) is 4.73. The van der Waals surface area contributed by atoms with Crippen molar-refractivity contribution in [1.29, 1.82) is 0 Å². The van der Waals surface area contributed by atoms with Gasteiger partial charge in [0.25, 0.3) is 0 Å². The summed E-state index contributed by atoms with van der Waals surface area (Å²) in [5.74, 6) is 0. The Morgan fingerprint density at radius 3 is 2.80 bits per heavy atom. The molecule has 1 heterocycles. The predicted molar refractivity (Wildman–Crippen MR) is 82.6 cm³/mol. The first-order chi connectivity index (χ1) is 9.72. The molecule has 2 aromatic rings. The number of aromatic amines is 1. The van der Waals surface area contributed by atoms with Crippen LogP contribution in [0.5, 0.6) is 0 Å². The minimum atomic E-state index is 0.140. The Morgan fingerprint density at radius 1 is 1.25 bits per heavy atom. The second-order valence-electron chi connectivity index (χ2n) is 6.39. The minimum absolute atomic E-state index is 0.140. The number of nitrogens with zero attached hydrogens (tertiary/aromatic N) is 1. The first-order valence-corrected chi connectivity index (χ1v) is 7.57. The van der Waals surface area contributed by atoms with Crippen LogP contribution < -0.4 is 0 Å². The summed E-state index contributed by atoms with van der Waals surface area (Å²) >= 11 is 0. The fraction of sp³-hybridized carbons (Fsp3) is 0.529. The topological polar surface area (TPSA) is 39.3 Å². The van der Waals surface area contributed by atoms with Crippen molar-refractivity contribution < 1.29 is 5.11 Å². The Bertz CT molecular complexity index is 569. The summed E-state index contributed by atoms with van der Waals surface area (Å²) < 4.78 is 0. The molecular formula is C17H24N2O. The number of rotatable bonds is 5. The van der Waals surface area contributed by atoms with Gasteiger partial charge < -0.3 is 15.0 Å². The zero-order valence-corrected chi connectivity index (χ0v) is 12.2. The minimum Gasteiger partial charge on any atom is -0.396 e. The van der Waals surface area contributed by atoms with Crippen LogP contribution in [-0.4, -0.2) is 35.2 Å². The summed E-state index contributed by atoms with van der Waals surface area (Å²) in [4.78, 5) is 5.63. The molecule has 1 fully saturated rings. The Hall–Kier alpha value is -1.32. The molecule has 0 radical (unpaired) electrons. The maximum Gasteiger partial charge on any atom is 0.0499 e. The number of nitrogens with one attached hydrogen (secondary N) is 1. The van der Waals surface area contributed by atoms with Gasteiger partial charge >= 0.3 is 0 Å². The number of H-pyrrole nitrogens is 1. The summed E-state index contributed by atoms with van der Waals surface area (Å²) in [5, 5.41) is 11.0. The van der Waals surface area contributed by atoms with Crippen LogP contribution in [0.1, 0.15) is 31.2 Å². The molecule has 20 heavy (non-hydrogen) atoms. The average molecular weight is 272 g/mol. The molecule has 3 heteroatoms. The van der Waals surface area contributed by atoms with Gasteiger partial charge in [-0.1, -0.05) is 25.0 Å². The van der Waals surface area contributed by atoms with E-state index in [0.29, 0.717) is 6.61 Å². The third kappa shape index (κ3) is 2.60. The molecule has 0 atom stereocenters. The van der Waals surface area contributed by atoms with Crippen LogP contribution in [-0.2, 0) is 6.54 Å².